The Morgan fingerprint density at radius 1 is 1.12 bits per heavy atom. The van der Waals surface area contributed by atoms with Gasteiger partial charge >= 0.3 is 0 Å². The van der Waals surface area contributed by atoms with Crippen LogP contribution in [0.4, 0.5) is 0 Å². The molecule has 3 rings (SSSR count). The van der Waals surface area contributed by atoms with E-state index in [1.54, 1.807) is 18.2 Å². The van der Waals surface area contributed by atoms with Gasteiger partial charge in [0.15, 0.2) is 11.5 Å². The zero-order valence-electron chi connectivity index (χ0n) is 14.5. The highest BCUT2D eigenvalue weighted by atomic mass is 16.5. The molecule has 25 heavy (non-hydrogen) atoms. The summed E-state index contributed by atoms with van der Waals surface area (Å²) in [5.74, 6) is 0.748. The smallest absolute Gasteiger partial charge is 0.229 e. The number of aldehydes is 1. The fourth-order valence-electron chi connectivity index (χ4n) is 3.89. The number of imide groups is 1. The molecule has 0 radical (unpaired) electrons. The molecule has 0 aromatic heterocycles. The van der Waals surface area contributed by atoms with E-state index in [2.05, 4.69) is 0 Å². The maximum absolute atomic E-state index is 12.4. The number of piperidine rings is 1. The SMILES string of the molecule is COc1cc(C=O)ccc1OCCN1C(=O)CC2(CCCC2)CC1=O. The van der Waals surface area contributed by atoms with E-state index in [9.17, 15) is 14.4 Å². The van der Waals surface area contributed by atoms with E-state index in [0.717, 1.165) is 32.0 Å². The summed E-state index contributed by atoms with van der Waals surface area (Å²) in [4.78, 5) is 36.9. The fraction of sp³-hybridized carbons (Fsp3) is 0.526. The van der Waals surface area contributed by atoms with Gasteiger partial charge in [-0.05, 0) is 36.5 Å². The third-order valence-corrected chi connectivity index (χ3v) is 5.21. The predicted octanol–water partition coefficient (Wildman–Crippen LogP) is 2.60. The van der Waals surface area contributed by atoms with Gasteiger partial charge in [0, 0.05) is 18.4 Å². The topological polar surface area (TPSA) is 72.9 Å². The van der Waals surface area contributed by atoms with Gasteiger partial charge in [0.1, 0.15) is 12.9 Å². The van der Waals surface area contributed by atoms with Gasteiger partial charge in [-0.2, -0.15) is 0 Å². The Kier molecular flexibility index (Phi) is 5.06. The molecule has 1 saturated heterocycles. The molecular weight excluding hydrogens is 322 g/mol. The van der Waals surface area contributed by atoms with Gasteiger partial charge in [0.25, 0.3) is 0 Å². The number of amides is 2. The Balaban J connectivity index is 1.58. The van der Waals surface area contributed by atoms with Crippen molar-refractivity contribution >= 4 is 18.1 Å². The van der Waals surface area contributed by atoms with Crippen LogP contribution in [0.15, 0.2) is 18.2 Å². The number of carbonyl (C=O) groups is 3. The summed E-state index contributed by atoms with van der Waals surface area (Å²) >= 11 is 0. The highest BCUT2D eigenvalue weighted by molar-refractivity contribution is 5.98. The lowest BCUT2D eigenvalue weighted by Crippen LogP contribution is -2.48. The van der Waals surface area contributed by atoms with Crippen LogP contribution < -0.4 is 9.47 Å². The number of hydrogen-bond donors (Lipinski definition) is 0. The van der Waals surface area contributed by atoms with Gasteiger partial charge in [0.05, 0.1) is 13.7 Å². The second-order valence-corrected chi connectivity index (χ2v) is 6.88. The molecule has 1 aliphatic heterocycles. The van der Waals surface area contributed by atoms with Gasteiger partial charge in [-0.3, -0.25) is 19.3 Å². The first kappa shape index (κ1) is 17.5. The van der Waals surface area contributed by atoms with Crippen LogP contribution in [0.25, 0.3) is 0 Å². The van der Waals surface area contributed by atoms with E-state index in [4.69, 9.17) is 9.47 Å². The van der Waals surface area contributed by atoms with Crippen molar-refractivity contribution in [3.63, 3.8) is 0 Å². The van der Waals surface area contributed by atoms with Crippen LogP contribution in [0.1, 0.15) is 48.9 Å². The summed E-state index contributed by atoms with van der Waals surface area (Å²) < 4.78 is 10.9. The van der Waals surface area contributed by atoms with E-state index in [-0.39, 0.29) is 30.4 Å². The maximum atomic E-state index is 12.4. The van der Waals surface area contributed by atoms with E-state index >= 15 is 0 Å². The zero-order chi connectivity index (χ0) is 17.9. The number of hydrogen-bond acceptors (Lipinski definition) is 5. The molecule has 0 unspecified atom stereocenters. The molecule has 6 nitrogen and oxygen atoms in total. The Labute approximate surface area is 147 Å². The van der Waals surface area contributed by atoms with Crippen LogP contribution in [0.2, 0.25) is 0 Å². The van der Waals surface area contributed by atoms with E-state index in [1.807, 2.05) is 0 Å². The lowest BCUT2D eigenvalue weighted by Gasteiger charge is -2.37. The van der Waals surface area contributed by atoms with Crippen LogP contribution in [0, 0.1) is 5.41 Å². The third-order valence-electron chi connectivity index (χ3n) is 5.21. The molecule has 1 spiro atoms. The number of benzene rings is 1. The summed E-state index contributed by atoms with van der Waals surface area (Å²) in [5.41, 5.74) is 0.409. The summed E-state index contributed by atoms with van der Waals surface area (Å²) in [7, 11) is 1.50. The molecule has 6 heteroatoms. The summed E-state index contributed by atoms with van der Waals surface area (Å²) in [6.45, 7) is 0.424. The van der Waals surface area contributed by atoms with Crippen LogP contribution in [0.5, 0.6) is 11.5 Å². The molecule has 0 atom stereocenters. The highest BCUT2D eigenvalue weighted by Gasteiger charge is 2.44. The van der Waals surface area contributed by atoms with Gasteiger partial charge in [-0.1, -0.05) is 12.8 Å². The van der Waals surface area contributed by atoms with Gasteiger partial charge in [-0.25, -0.2) is 0 Å². The van der Waals surface area contributed by atoms with Crippen molar-refractivity contribution in [1.82, 2.24) is 4.90 Å². The molecule has 2 fully saturated rings. The highest BCUT2D eigenvalue weighted by Crippen LogP contribution is 2.46. The molecule has 1 aromatic carbocycles. The fourth-order valence-corrected chi connectivity index (χ4v) is 3.89. The number of ether oxygens (including phenoxy) is 2. The number of nitrogens with zero attached hydrogens (tertiary/aromatic N) is 1. The van der Waals surface area contributed by atoms with Crippen molar-refractivity contribution < 1.29 is 23.9 Å². The van der Waals surface area contributed by atoms with Crippen LogP contribution in [-0.4, -0.2) is 43.3 Å². The second kappa shape index (κ2) is 7.25. The number of rotatable bonds is 6. The molecule has 2 amide bonds. The quantitative estimate of drug-likeness (QED) is 0.585. The first-order valence-electron chi connectivity index (χ1n) is 8.66. The van der Waals surface area contributed by atoms with Gasteiger partial charge < -0.3 is 9.47 Å². The predicted molar refractivity (Wildman–Crippen MR) is 90.7 cm³/mol. The van der Waals surface area contributed by atoms with Crippen molar-refractivity contribution in [3.8, 4) is 11.5 Å². The van der Waals surface area contributed by atoms with E-state index in [1.165, 1.54) is 12.0 Å². The first-order chi connectivity index (χ1) is 12.1. The van der Waals surface area contributed by atoms with Gasteiger partial charge in [0.2, 0.25) is 11.8 Å². The van der Waals surface area contributed by atoms with Crippen molar-refractivity contribution in [1.29, 1.82) is 0 Å². The lowest BCUT2D eigenvalue weighted by molar-refractivity contribution is -0.153. The molecule has 2 aliphatic rings. The molecule has 1 aromatic rings. The number of likely N-dealkylation sites (tertiary alicyclic amines) is 1. The first-order valence-corrected chi connectivity index (χ1v) is 8.66. The lowest BCUT2D eigenvalue weighted by atomic mass is 9.76. The van der Waals surface area contributed by atoms with Crippen molar-refractivity contribution in [2.24, 2.45) is 5.41 Å². The van der Waals surface area contributed by atoms with E-state index < -0.39 is 0 Å². The Morgan fingerprint density at radius 2 is 1.80 bits per heavy atom. The standard InChI is InChI=1S/C19H23NO5/c1-24-16-10-14(13-21)4-5-15(16)25-9-8-20-17(22)11-19(12-18(20)23)6-2-3-7-19/h4-5,10,13H,2-3,6-9,11-12H2,1H3. The van der Waals surface area contributed by atoms with Crippen LogP contribution >= 0.6 is 0 Å². The minimum atomic E-state index is -0.0926. The monoisotopic (exact) mass is 345 g/mol. The van der Waals surface area contributed by atoms with Crippen molar-refractivity contribution in [2.45, 2.75) is 38.5 Å². The van der Waals surface area contributed by atoms with E-state index in [0.29, 0.717) is 29.9 Å². The minimum Gasteiger partial charge on any atom is -0.493 e. The van der Waals surface area contributed by atoms with Crippen molar-refractivity contribution in [3.05, 3.63) is 23.8 Å². The average Bonchev–Trinajstić information content (AvgIpc) is 3.04. The Bertz CT molecular complexity index is 658. The van der Waals surface area contributed by atoms with Crippen LogP contribution in [0.3, 0.4) is 0 Å². The Morgan fingerprint density at radius 3 is 2.40 bits per heavy atom. The summed E-state index contributed by atoms with van der Waals surface area (Å²) in [5, 5.41) is 0. The summed E-state index contributed by atoms with van der Waals surface area (Å²) in [6.07, 6.45) is 5.85. The Hall–Kier alpha value is -2.37. The second-order valence-electron chi connectivity index (χ2n) is 6.88. The van der Waals surface area contributed by atoms with Crippen LogP contribution in [-0.2, 0) is 9.59 Å². The number of methoxy groups -OCH3 is 1. The normalized spacial score (nSPS) is 19.3. The average molecular weight is 345 g/mol. The molecule has 134 valence electrons. The maximum Gasteiger partial charge on any atom is 0.229 e. The third kappa shape index (κ3) is 3.67. The molecule has 1 aliphatic carbocycles. The largest absolute Gasteiger partial charge is 0.493 e. The molecule has 0 bridgehead atoms. The number of carbonyl (C=O) groups excluding carboxylic acids is 3. The molecular formula is C19H23NO5. The van der Waals surface area contributed by atoms with Gasteiger partial charge in [-0.15, -0.1) is 0 Å². The molecule has 0 N–H and O–H groups in total. The summed E-state index contributed by atoms with van der Waals surface area (Å²) in [6, 6.07) is 4.87. The zero-order valence-corrected chi connectivity index (χ0v) is 14.5. The molecule has 1 saturated carbocycles. The van der Waals surface area contributed by atoms with Crippen molar-refractivity contribution in [2.75, 3.05) is 20.3 Å². The molecule has 1 heterocycles. The minimum absolute atomic E-state index is 0.0839.